The Morgan fingerprint density at radius 2 is 1.89 bits per heavy atom. The molecule has 0 aliphatic carbocycles. The molecule has 0 heterocycles. The molecule has 0 atom stereocenters. The van der Waals surface area contributed by atoms with Crippen LogP contribution in [0, 0.1) is 8.99 Å². The molecule has 1 aromatic rings. The number of nitrogens with two attached hydrogens (primary N) is 1. The number of amides is 1. The molecule has 1 aromatic carbocycles. The molecule has 5 heteroatoms. The molecule has 0 saturated carbocycles. The van der Waals surface area contributed by atoms with Gasteiger partial charge in [0.2, 0.25) is 5.91 Å². The third-order valence-electron chi connectivity index (χ3n) is 3.36. The Balaban J connectivity index is 2.91. The third kappa shape index (κ3) is 3.45. The van der Waals surface area contributed by atoms with Crippen molar-refractivity contribution >= 4 is 50.1 Å². The second-order valence-electron chi connectivity index (χ2n) is 5.43. The molecule has 18 heavy (non-hydrogen) atoms. The van der Waals surface area contributed by atoms with Gasteiger partial charge in [-0.1, -0.05) is 0 Å². The van der Waals surface area contributed by atoms with E-state index < -0.39 is 11.0 Å². The maximum absolute atomic E-state index is 12.3. The van der Waals surface area contributed by atoms with Crippen molar-refractivity contribution in [2.45, 2.75) is 33.2 Å². The van der Waals surface area contributed by atoms with E-state index in [1.807, 2.05) is 45.9 Å². The van der Waals surface area contributed by atoms with Gasteiger partial charge in [0.15, 0.2) is 0 Å². The number of hydrogen-bond acceptors (Lipinski definition) is 2. The quantitative estimate of drug-likeness (QED) is 0.726. The van der Waals surface area contributed by atoms with Gasteiger partial charge in [0.1, 0.15) is 0 Å². The molecular formula is C13H18BrIN2O. The lowest BCUT2D eigenvalue weighted by Crippen LogP contribution is -2.53. The van der Waals surface area contributed by atoms with Gasteiger partial charge in [0, 0.05) is 19.3 Å². The van der Waals surface area contributed by atoms with Crippen LogP contribution in [0.4, 0.5) is 5.69 Å². The smallest absolute Gasteiger partial charge is 0.231 e. The fourth-order valence-electron chi connectivity index (χ4n) is 1.15. The molecule has 0 aliphatic rings. The third-order valence-corrected chi connectivity index (χ3v) is 5.69. The minimum absolute atomic E-state index is 0.0805. The normalized spacial score (nSPS) is 12.4. The zero-order chi connectivity index (χ0) is 14.1. The summed E-state index contributed by atoms with van der Waals surface area (Å²) in [6.45, 7) is 7.42. The van der Waals surface area contributed by atoms with E-state index >= 15 is 0 Å². The summed E-state index contributed by atoms with van der Waals surface area (Å²) in [5.41, 5.74) is 5.58. The maximum Gasteiger partial charge on any atom is 0.231 e. The monoisotopic (exact) mass is 424 g/mol. The van der Waals surface area contributed by atoms with Crippen LogP contribution in [0.25, 0.3) is 0 Å². The van der Waals surface area contributed by atoms with E-state index in [9.17, 15) is 4.79 Å². The average Bonchev–Trinajstić information content (AvgIpc) is 2.21. The minimum Gasteiger partial charge on any atom is -0.326 e. The highest BCUT2D eigenvalue weighted by atomic mass is 127. The van der Waals surface area contributed by atoms with Crippen molar-refractivity contribution in [2.24, 2.45) is 11.1 Å². The molecule has 0 spiro atoms. The van der Waals surface area contributed by atoms with Gasteiger partial charge in [-0.15, -0.1) is 0 Å². The van der Waals surface area contributed by atoms with E-state index in [1.54, 1.807) is 0 Å². The zero-order valence-corrected chi connectivity index (χ0v) is 14.7. The van der Waals surface area contributed by atoms with Crippen LogP contribution in [0.3, 0.4) is 0 Å². The molecule has 0 unspecified atom stereocenters. The largest absolute Gasteiger partial charge is 0.326 e. The van der Waals surface area contributed by atoms with Crippen LogP contribution < -0.4 is 11.1 Å². The van der Waals surface area contributed by atoms with Gasteiger partial charge >= 0.3 is 0 Å². The van der Waals surface area contributed by atoms with E-state index in [1.165, 1.54) is 0 Å². The first-order valence-electron chi connectivity index (χ1n) is 5.61. The van der Waals surface area contributed by atoms with Crippen LogP contribution in [0.1, 0.15) is 27.7 Å². The molecule has 0 bridgehead atoms. The second kappa shape index (κ2) is 5.46. The number of anilines is 1. The van der Waals surface area contributed by atoms with E-state index in [-0.39, 0.29) is 5.91 Å². The van der Waals surface area contributed by atoms with Crippen molar-refractivity contribution in [2.75, 3.05) is 5.32 Å². The zero-order valence-electron chi connectivity index (χ0n) is 11.0. The van der Waals surface area contributed by atoms with Crippen LogP contribution in [-0.4, -0.2) is 11.4 Å². The minimum atomic E-state index is -0.650. The number of carbonyl (C=O) groups excluding carboxylic acids is 1. The summed E-state index contributed by atoms with van der Waals surface area (Å²) in [5, 5.41) is 2.90. The number of halogens is 2. The van der Waals surface area contributed by atoms with Gasteiger partial charge in [-0.2, -0.15) is 0 Å². The fraction of sp³-hybridized carbons (Fsp3) is 0.462. The van der Waals surface area contributed by atoms with Crippen molar-refractivity contribution in [3.8, 4) is 0 Å². The van der Waals surface area contributed by atoms with Crippen molar-refractivity contribution < 1.29 is 4.79 Å². The lowest BCUT2D eigenvalue weighted by molar-refractivity contribution is -0.126. The van der Waals surface area contributed by atoms with E-state index in [4.69, 9.17) is 5.73 Å². The fourth-order valence-corrected chi connectivity index (χ4v) is 1.87. The Morgan fingerprint density at radius 3 is 2.33 bits per heavy atom. The summed E-state index contributed by atoms with van der Waals surface area (Å²) in [7, 11) is 0. The molecule has 0 radical (unpaired) electrons. The maximum atomic E-state index is 12.3. The molecular weight excluding hydrogens is 407 g/mol. The standard InChI is InChI=1S/C13H18BrIN2O/c1-12(2,13(3,4)16)11(18)17-8-5-6-10(15)9(14)7-8/h5-7H,16H2,1-4H3,(H,17,18). The molecule has 0 aromatic heterocycles. The lowest BCUT2D eigenvalue weighted by Gasteiger charge is -2.36. The molecule has 0 aliphatic heterocycles. The predicted molar refractivity (Wildman–Crippen MR) is 87.5 cm³/mol. The number of rotatable bonds is 3. The molecule has 1 rings (SSSR count). The summed E-state index contributed by atoms with van der Waals surface area (Å²) < 4.78 is 2.06. The van der Waals surface area contributed by atoms with Gasteiger partial charge in [-0.05, 0) is 84.4 Å². The predicted octanol–water partition coefficient (Wildman–Crippen LogP) is 3.76. The summed E-state index contributed by atoms with van der Waals surface area (Å²) >= 11 is 5.67. The summed E-state index contributed by atoms with van der Waals surface area (Å²) in [4.78, 5) is 12.3. The van der Waals surface area contributed by atoms with Gasteiger partial charge < -0.3 is 11.1 Å². The van der Waals surface area contributed by atoms with Crippen LogP contribution in [0.5, 0.6) is 0 Å². The van der Waals surface area contributed by atoms with Crippen LogP contribution in [-0.2, 0) is 4.79 Å². The highest BCUT2D eigenvalue weighted by molar-refractivity contribution is 14.1. The van der Waals surface area contributed by atoms with Gasteiger partial charge in [-0.25, -0.2) is 0 Å². The lowest BCUT2D eigenvalue weighted by atomic mass is 9.74. The topological polar surface area (TPSA) is 55.1 Å². The Hall–Kier alpha value is -0.140. The number of nitrogens with one attached hydrogen (secondary N) is 1. The molecule has 0 fully saturated rings. The van der Waals surface area contributed by atoms with Crippen LogP contribution >= 0.6 is 38.5 Å². The SMILES string of the molecule is CC(C)(N)C(C)(C)C(=O)Nc1ccc(I)c(Br)c1. The molecule has 1 amide bonds. The Kier molecular flexibility index (Phi) is 4.83. The molecule has 100 valence electrons. The molecule has 0 saturated heterocycles. The van der Waals surface area contributed by atoms with Crippen molar-refractivity contribution in [1.29, 1.82) is 0 Å². The van der Waals surface area contributed by atoms with E-state index in [2.05, 4.69) is 43.8 Å². The number of benzene rings is 1. The van der Waals surface area contributed by atoms with Crippen molar-refractivity contribution in [3.05, 3.63) is 26.2 Å². The first-order chi connectivity index (χ1) is 8.05. The summed E-state index contributed by atoms with van der Waals surface area (Å²) in [6, 6.07) is 5.71. The number of carbonyl (C=O) groups is 1. The van der Waals surface area contributed by atoms with E-state index in [0.717, 1.165) is 13.7 Å². The highest BCUT2D eigenvalue weighted by Gasteiger charge is 2.40. The molecule has 3 nitrogen and oxygen atoms in total. The first kappa shape index (κ1) is 15.9. The molecule has 3 N–H and O–H groups in total. The highest BCUT2D eigenvalue weighted by Crippen LogP contribution is 2.30. The van der Waals surface area contributed by atoms with Gasteiger partial charge in [0.25, 0.3) is 0 Å². The van der Waals surface area contributed by atoms with Crippen LogP contribution in [0.2, 0.25) is 0 Å². The first-order valence-corrected chi connectivity index (χ1v) is 7.48. The van der Waals surface area contributed by atoms with Crippen molar-refractivity contribution in [1.82, 2.24) is 0 Å². The average molecular weight is 425 g/mol. The van der Waals surface area contributed by atoms with Gasteiger partial charge in [0.05, 0.1) is 5.41 Å². The Morgan fingerprint density at radius 1 is 1.33 bits per heavy atom. The van der Waals surface area contributed by atoms with Gasteiger partial charge in [-0.3, -0.25) is 4.79 Å². The summed E-state index contributed by atoms with van der Waals surface area (Å²) in [5.74, 6) is -0.0805. The second-order valence-corrected chi connectivity index (χ2v) is 7.45. The Bertz CT molecular complexity index is 467. The summed E-state index contributed by atoms with van der Waals surface area (Å²) in [6.07, 6.45) is 0. The Labute approximate surface area is 130 Å². The van der Waals surface area contributed by atoms with Crippen molar-refractivity contribution in [3.63, 3.8) is 0 Å². The van der Waals surface area contributed by atoms with E-state index in [0.29, 0.717) is 0 Å². The number of hydrogen-bond donors (Lipinski definition) is 2. The van der Waals surface area contributed by atoms with Crippen LogP contribution in [0.15, 0.2) is 22.7 Å².